The molecule has 0 saturated carbocycles. The van der Waals surface area contributed by atoms with Gasteiger partial charge in [0, 0.05) is 0 Å². The monoisotopic (exact) mass is 260 g/mol. The molecule has 0 aromatic heterocycles. The minimum absolute atomic E-state index is 0.224. The van der Waals surface area contributed by atoms with Crippen LogP contribution in [0.25, 0.3) is 0 Å². The topological polar surface area (TPSA) is 115 Å². The van der Waals surface area contributed by atoms with Crippen LogP contribution in [-0.2, 0) is 9.13 Å². The van der Waals surface area contributed by atoms with Gasteiger partial charge in [0.2, 0.25) is 0 Å². The highest BCUT2D eigenvalue weighted by Crippen LogP contribution is 2.51. The van der Waals surface area contributed by atoms with Crippen molar-refractivity contribution in [3.05, 3.63) is 0 Å². The van der Waals surface area contributed by atoms with Crippen molar-refractivity contribution < 1.29 is 28.7 Å². The van der Waals surface area contributed by atoms with E-state index in [1.165, 1.54) is 6.92 Å². The van der Waals surface area contributed by atoms with Crippen molar-refractivity contribution in [1.82, 2.24) is 0 Å². The van der Waals surface area contributed by atoms with Gasteiger partial charge in [0.1, 0.15) is 0 Å². The normalized spacial score (nSPS) is 14.7. The minimum atomic E-state index is -4.27. The Balaban J connectivity index is 4.93. The van der Waals surface area contributed by atoms with Crippen molar-refractivity contribution in [2.45, 2.75) is 20.8 Å². The summed E-state index contributed by atoms with van der Waals surface area (Å²) in [7, 11) is -8.54. The van der Waals surface area contributed by atoms with Crippen LogP contribution in [0.5, 0.6) is 0 Å². The second-order valence-corrected chi connectivity index (χ2v) is 7.75. The van der Waals surface area contributed by atoms with E-state index in [0.29, 0.717) is 0 Å². The van der Waals surface area contributed by atoms with Gasteiger partial charge in [0.25, 0.3) is 0 Å². The third kappa shape index (κ3) is 6.46. The molecule has 0 amide bonds. The molecule has 6 nitrogen and oxygen atoms in total. The Morgan fingerprint density at radius 2 is 1.27 bits per heavy atom. The molecule has 0 rings (SSSR count). The summed E-state index contributed by atoms with van der Waals surface area (Å²) in [6.45, 7) is 4.85. The quantitative estimate of drug-likeness (QED) is 0.548. The van der Waals surface area contributed by atoms with Crippen molar-refractivity contribution in [3.63, 3.8) is 0 Å². The fraction of sp³-hybridized carbons (Fsp3) is 1.00. The average Bonchev–Trinajstić information content (AvgIpc) is 1.75. The number of rotatable bonds is 5. The van der Waals surface area contributed by atoms with Crippen molar-refractivity contribution in [2.75, 3.05) is 12.3 Å². The second kappa shape index (κ2) is 4.66. The van der Waals surface area contributed by atoms with Crippen LogP contribution in [-0.4, -0.2) is 31.9 Å². The summed E-state index contributed by atoms with van der Waals surface area (Å²) in [5.74, 6) is -0.224. The molecule has 92 valence electrons. The van der Waals surface area contributed by atoms with Crippen molar-refractivity contribution in [1.29, 1.82) is 0 Å². The fourth-order valence-corrected chi connectivity index (χ4v) is 4.37. The van der Waals surface area contributed by atoms with E-state index in [4.69, 9.17) is 19.6 Å². The molecule has 0 bridgehead atoms. The average molecular weight is 260 g/mol. The van der Waals surface area contributed by atoms with Gasteiger partial charge in [-0.2, -0.15) is 0 Å². The molecule has 0 aliphatic rings. The van der Waals surface area contributed by atoms with E-state index >= 15 is 0 Å². The van der Waals surface area contributed by atoms with Crippen LogP contribution >= 0.6 is 15.2 Å². The molecule has 0 spiro atoms. The van der Waals surface area contributed by atoms with Gasteiger partial charge >= 0.3 is 15.2 Å². The Bertz CT molecular complexity index is 277. The van der Waals surface area contributed by atoms with Gasteiger partial charge in [-0.3, -0.25) is 9.13 Å². The fourth-order valence-electron chi connectivity index (χ4n) is 1.36. The van der Waals surface area contributed by atoms with E-state index in [2.05, 4.69) is 0 Å². The lowest BCUT2D eigenvalue weighted by molar-refractivity contribution is 0.245. The first-order chi connectivity index (χ1) is 6.36. The summed E-state index contributed by atoms with van der Waals surface area (Å²) >= 11 is 0. The van der Waals surface area contributed by atoms with Gasteiger partial charge < -0.3 is 19.6 Å². The molecule has 0 radical (unpaired) electrons. The Labute approximate surface area is 89.0 Å². The van der Waals surface area contributed by atoms with Crippen LogP contribution in [0.4, 0.5) is 0 Å². The van der Waals surface area contributed by atoms with Crippen LogP contribution in [0, 0.1) is 11.3 Å². The first kappa shape index (κ1) is 15.3. The van der Waals surface area contributed by atoms with Gasteiger partial charge in [0.15, 0.2) is 0 Å². The predicted octanol–water partition coefficient (Wildman–Crippen LogP) is 1.00. The van der Waals surface area contributed by atoms with E-state index in [1.807, 2.05) is 0 Å². The van der Waals surface area contributed by atoms with Gasteiger partial charge in [0.05, 0.1) is 12.3 Å². The molecule has 0 saturated heterocycles. The highest BCUT2D eigenvalue weighted by atomic mass is 31.2. The highest BCUT2D eigenvalue weighted by molar-refractivity contribution is 7.53. The Kier molecular flexibility index (Phi) is 4.75. The summed E-state index contributed by atoms with van der Waals surface area (Å²) in [5, 5.41) is 0. The van der Waals surface area contributed by atoms with Gasteiger partial charge in [-0.1, -0.05) is 20.8 Å². The molecule has 8 heteroatoms. The van der Waals surface area contributed by atoms with Crippen molar-refractivity contribution in [3.8, 4) is 0 Å². The molecule has 0 heterocycles. The molecule has 15 heavy (non-hydrogen) atoms. The molecule has 0 fully saturated rings. The van der Waals surface area contributed by atoms with Gasteiger partial charge in [-0.25, -0.2) is 0 Å². The van der Waals surface area contributed by atoms with E-state index in [0.717, 1.165) is 0 Å². The maximum atomic E-state index is 10.9. The highest BCUT2D eigenvalue weighted by Gasteiger charge is 2.40. The first-order valence-corrected chi connectivity index (χ1v) is 8.04. The van der Waals surface area contributed by atoms with Crippen LogP contribution < -0.4 is 0 Å². The van der Waals surface area contributed by atoms with Crippen LogP contribution in [0.2, 0.25) is 0 Å². The van der Waals surface area contributed by atoms with E-state index < -0.39 is 32.9 Å². The summed E-state index contributed by atoms with van der Waals surface area (Å²) in [6.07, 6.45) is -1.02. The summed E-state index contributed by atoms with van der Waals surface area (Å²) in [4.78, 5) is 35.4. The maximum absolute atomic E-state index is 10.9. The number of hydrogen-bond donors (Lipinski definition) is 4. The van der Waals surface area contributed by atoms with E-state index in [1.54, 1.807) is 13.8 Å². The van der Waals surface area contributed by atoms with Crippen LogP contribution in [0.1, 0.15) is 20.8 Å². The molecule has 0 atom stereocenters. The Morgan fingerprint density at radius 3 is 1.40 bits per heavy atom. The number of hydrogen-bond acceptors (Lipinski definition) is 2. The van der Waals surface area contributed by atoms with Crippen LogP contribution in [0.3, 0.4) is 0 Å². The van der Waals surface area contributed by atoms with Crippen molar-refractivity contribution >= 4 is 15.2 Å². The van der Waals surface area contributed by atoms with E-state index in [-0.39, 0.29) is 5.92 Å². The molecule has 0 aliphatic heterocycles. The molecule has 4 N–H and O–H groups in total. The standard InChI is InChI=1S/C7H18O6P2/c1-6(2)7(3,4-14(8,9)10)5-15(11,12)13/h6H,4-5H2,1-3H3,(H2,8,9,10)(H2,11,12,13). The predicted molar refractivity (Wildman–Crippen MR) is 56.8 cm³/mol. The van der Waals surface area contributed by atoms with Crippen LogP contribution in [0.15, 0.2) is 0 Å². The van der Waals surface area contributed by atoms with Gasteiger partial charge in [-0.15, -0.1) is 0 Å². The second-order valence-electron chi connectivity index (χ2n) is 4.45. The largest absolute Gasteiger partial charge is 0.326 e. The SMILES string of the molecule is CC(C)C(C)(CP(=O)(O)O)CP(=O)(O)O. The molecule has 0 unspecified atom stereocenters. The molecular weight excluding hydrogens is 242 g/mol. The summed E-state index contributed by atoms with van der Waals surface area (Å²) < 4.78 is 21.8. The zero-order valence-electron chi connectivity index (χ0n) is 8.99. The molecular formula is C7H18O6P2. The minimum Gasteiger partial charge on any atom is -0.324 e. The first-order valence-electron chi connectivity index (χ1n) is 4.45. The molecule has 0 aromatic carbocycles. The summed E-state index contributed by atoms with van der Waals surface area (Å²) in [5.41, 5.74) is -1.06. The molecule has 0 aromatic rings. The van der Waals surface area contributed by atoms with E-state index in [9.17, 15) is 9.13 Å². The molecule has 0 aliphatic carbocycles. The lowest BCUT2D eigenvalue weighted by Gasteiger charge is -2.33. The Hall–Kier alpha value is 0.300. The smallest absolute Gasteiger partial charge is 0.324 e. The summed E-state index contributed by atoms with van der Waals surface area (Å²) in [6, 6.07) is 0. The lowest BCUT2D eigenvalue weighted by atomic mass is 9.83. The van der Waals surface area contributed by atoms with Gasteiger partial charge in [-0.05, 0) is 11.3 Å². The third-order valence-electron chi connectivity index (χ3n) is 2.53. The zero-order chi connectivity index (χ0) is 12.5. The third-order valence-corrected chi connectivity index (χ3v) is 4.80. The van der Waals surface area contributed by atoms with Crippen molar-refractivity contribution in [2.24, 2.45) is 11.3 Å². The lowest BCUT2D eigenvalue weighted by Crippen LogP contribution is -2.32. The zero-order valence-corrected chi connectivity index (χ0v) is 10.8. The Morgan fingerprint density at radius 1 is 1.00 bits per heavy atom. The maximum Gasteiger partial charge on any atom is 0.326 e.